The van der Waals surface area contributed by atoms with Gasteiger partial charge in [0.25, 0.3) is 0 Å². The second-order valence-electron chi connectivity index (χ2n) is 14.8. The van der Waals surface area contributed by atoms with Crippen LogP contribution in [0.15, 0.2) is 24.3 Å². The van der Waals surface area contributed by atoms with Crippen molar-refractivity contribution in [1.82, 2.24) is 5.06 Å². The van der Waals surface area contributed by atoms with Crippen LogP contribution in [-0.4, -0.2) is 45.5 Å². The third-order valence-corrected chi connectivity index (χ3v) is 9.15. The Morgan fingerprint density at radius 1 is 0.930 bits per heavy atom. The van der Waals surface area contributed by atoms with Gasteiger partial charge in [0, 0.05) is 6.42 Å². The lowest BCUT2D eigenvalue weighted by Gasteiger charge is -2.53. The number of rotatable bonds is 21. The summed E-state index contributed by atoms with van der Waals surface area (Å²) in [5, 5.41) is 12.0. The zero-order valence-corrected chi connectivity index (χ0v) is 28.7. The van der Waals surface area contributed by atoms with Gasteiger partial charge >= 0.3 is 5.97 Å². The maximum atomic E-state index is 13.7. The molecular weight excluding hydrogens is 541 g/mol. The molecule has 1 aliphatic rings. The molecule has 0 spiro atoms. The fraction of sp³-hybridized carbons (Fsp3) is 0.811. The summed E-state index contributed by atoms with van der Waals surface area (Å²) in [6, 6.07) is 6.78. The number of hydroxylamine groups is 2. The number of benzene rings is 1. The van der Waals surface area contributed by atoms with E-state index in [1.54, 1.807) is 13.8 Å². The Balaban J connectivity index is 1.86. The van der Waals surface area contributed by atoms with Gasteiger partial charge in [-0.2, -0.15) is 0 Å². The Bertz CT molecular complexity index is 908. The van der Waals surface area contributed by atoms with Crippen molar-refractivity contribution in [3.8, 4) is 0 Å². The summed E-state index contributed by atoms with van der Waals surface area (Å²) >= 11 is 0. The molecule has 0 bridgehead atoms. The van der Waals surface area contributed by atoms with Crippen LogP contribution >= 0.6 is 0 Å². The summed E-state index contributed by atoms with van der Waals surface area (Å²) in [6.45, 7) is 14.3. The van der Waals surface area contributed by atoms with Gasteiger partial charge in [-0.05, 0) is 90.8 Å². The lowest BCUT2D eigenvalue weighted by Crippen LogP contribution is -2.65. The molecule has 1 fully saturated rings. The highest BCUT2D eigenvalue weighted by Crippen LogP contribution is 2.41. The van der Waals surface area contributed by atoms with Crippen LogP contribution in [0.25, 0.3) is 0 Å². The standard InChI is InChI=1S/C37H64FNO4/c1-8-9-10-11-12-13-14-15-16-17-18-19-20-30(31-21-24-32(38)25-22-31)23-26-34(40)43-39-35(2,3)28-27-33(37(39,6)7)42-29-36(4,5)41/h21-22,24-25,30,33,41H,8-20,23,26-29H2,1-7H3. The summed E-state index contributed by atoms with van der Waals surface area (Å²) in [4.78, 5) is 19.4. The molecule has 1 heterocycles. The van der Waals surface area contributed by atoms with Crippen molar-refractivity contribution < 1.29 is 23.9 Å². The number of piperidine rings is 1. The maximum absolute atomic E-state index is 13.7. The fourth-order valence-electron chi connectivity index (χ4n) is 6.57. The minimum absolute atomic E-state index is 0.169. The molecule has 6 heteroatoms. The first-order valence-corrected chi connectivity index (χ1v) is 17.4. The molecule has 2 unspecified atom stereocenters. The van der Waals surface area contributed by atoms with Crippen molar-refractivity contribution in [2.75, 3.05) is 6.61 Å². The largest absolute Gasteiger partial charge is 0.388 e. The number of aliphatic hydroxyl groups is 1. The molecule has 1 N–H and O–H groups in total. The second-order valence-corrected chi connectivity index (χ2v) is 14.8. The van der Waals surface area contributed by atoms with E-state index in [1.807, 2.05) is 31.0 Å². The first kappa shape index (κ1) is 37.7. The number of carbonyl (C=O) groups is 1. The van der Waals surface area contributed by atoms with E-state index in [4.69, 9.17) is 9.57 Å². The highest BCUT2D eigenvalue weighted by molar-refractivity contribution is 5.69. The Labute approximate surface area is 263 Å². The van der Waals surface area contributed by atoms with Gasteiger partial charge in [0.1, 0.15) is 5.82 Å². The predicted octanol–water partition coefficient (Wildman–Crippen LogP) is 10.0. The third-order valence-electron chi connectivity index (χ3n) is 9.15. The van der Waals surface area contributed by atoms with Gasteiger partial charge < -0.3 is 14.7 Å². The Hall–Kier alpha value is -1.50. The summed E-state index contributed by atoms with van der Waals surface area (Å²) in [5.41, 5.74) is -0.711. The van der Waals surface area contributed by atoms with Gasteiger partial charge in [-0.3, -0.25) is 4.79 Å². The van der Waals surface area contributed by atoms with Crippen LogP contribution in [0.3, 0.4) is 0 Å². The molecule has 0 saturated carbocycles. The van der Waals surface area contributed by atoms with Crippen molar-refractivity contribution in [1.29, 1.82) is 0 Å². The average molecular weight is 606 g/mol. The van der Waals surface area contributed by atoms with Crippen LogP contribution in [0.5, 0.6) is 0 Å². The fourth-order valence-corrected chi connectivity index (χ4v) is 6.57. The van der Waals surface area contributed by atoms with E-state index in [0.29, 0.717) is 12.8 Å². The van der Waals surface area contributed by atoms with Gasteiger partial charge in [-0.25, -0.2) is 4.39 Å². The van der Waals surface area contributed by atoms with Gasteiger partial charge in [0.15, 0.2) is 0 Å². The topological polar surface area (TPSA) is 59.0 Å². The van der Waals surface area contributed by atoms with Gasteiger partial charge in [-0.1, -0.05) is 96.1 Å². The lowest BCUT2D eigenvalue weighted by atomic mass is 9.79. The number of hydrogen-bond acceptors (Lipinski definition) is 5. The third kappa shape index (κ3) is 14.0. The van der Waals surface area contributed by atoms with Crippen LogP contribution in [0, 0.1) is 5.82 Å². The zero-order valence-electron chi connectivity index (χ0n) is 28.7. The Morgan fingerprint density at radius 2 is 1.47 bits per heavy atom. The second kappa shape index (κ2) is 18.5. The van der Waals surface area contributed by atoms with E-state index in [1.165, 1.54) is 82.8 Å². The molecule has 248 valence electrons. The minimum atomic E-state index is -0.923. The summed E-state index contributed by atoms with van der Waals surface area (Å²) in [7, 11) is 0. The summed E-state index contributed by atoms with van der Waals surface area (Å²) in [6.07, 6.45) is 19.2. The van der Waals surface area contributed by atoms with Crippen molar-refractivity contribution >= 4 is 5.97 Å². The van der Waals surface area contributed by atoms with Crippen LogP contribution in [0.2, 0.25) is 0 Å². The van der Waals surface area contributed by atoms with Crippen LogP contribution in [0.1, 0.15) is 169 Å². The van der Waals surface area contributed by atoms with Gasteiger partial charge in [-0.15, -0.1) is 5.06 Å². The first-order chi connectivity index (χ1) is 20.3. The van der Waals surface area contributed by atoms with Crippen molar-refractivity contribution in [3.63, 3.8) is 0 Å². The normalized spacial score (nSPS) is 19.3. The zero-order chi connectivity index (χ0) is 31.9. The SMILES string of the molecule is CCCCCCCCCCCCCCC(CCC(=O)ON1C(C)(C)CCC(OCC(C)(C)O)C1(C)C)c1ccc(F)cc1. The molecule has 1 aliphatic heterocycles. The molecule has 1 aromatic carbocycles. The molecule has 0 aromatic heterocycles. The summed E-state index contributed by atoms with van der Waals surface area (Å²) in [5.74, 6) is -0.282. The lowest BCUT2D eigenvalue weighted by molar-refractivity contribution is -0.292. The van der Waals surface area contributed by atoms with Crippen molar-refractivity contribution in [2.24, 2.45) is 0 Å². The van der Waals surface area contributed by atoms with E-state index in [0.717, 1.165) is 31.2 Å². The molecule has 43 heavy (non-hydrogen) atoms. The molecule has 0 radical (unpaired) electrons. The highest BCUT2D eigenvalue weighted by atomic mass is 19.1. The maximum Gasteiger partial charge on any atom is 0.325 e. The van der Waals surface area contributed by atoms with E-state index in [2.05, 4.69) is 20.8 Å². The van der Waals surface area contributed by atoms with Crippen LogP contribution < -0.4 is 0 Å². The Kier molecular flexibility index (Phi) is 16.2. The number of nitrogens with zero attached hydrogens (tertiary/aromatic N) is 1. The first-order valence-electron chi connectivity index (χ1n) is 17.4. The van der Waals surface area contributed by atoms with Gasteiger partial charge in [0.05, 0.1) is 29.4 Å². The number of ether oxygens (including phenoxy) is 1. The van der Waals surface area contributed by atoms with Crippen molar-refractivity contribution in [3.05, 3.63) is 35.6 Å². The minimum Gasteiger partial charge on any atom is -0.388 e. The molecule has 1 saturated heterocycles. The smallest absolute Gasteiger partial charge is 0.325 e. The van der Waals surface area contributed by atoms with E-state index >= 15 is 0 Å². The molecular formula is C37H64FNO4. The molecule has 1 aromatic rings. The van der Waals surface area contributed by atoms with Gasteiger partial charge in [0.2, 0.25) is 0 Å². The molecule has 2 rings (SSSR count). The molecule has 0 aliphatic carbocycles. The highest BCUT2D eigenvalue weighted by Gasteiger charge is 2.50. The quantitative estimate of drug-likeness (QED) is 0.141. The molecule has 2 atom stereocenters. The monoisotopic (exact) mass is 605 g/mol. The predicted molar refractivity (Wildman–Crippen MR) is 175 cm³/mol. The molecule has 0 amide bonds. The summed E-state index contributed by atoms with van der Waals surface area (Å²) < 4.78 is 19.8. The van der Waals surface area contributed by atoms with E-state index in [9.17, 15) is 14.3 Å². The average Bonchev–Trinajstić information content (AvgIpc) is 2.93. The Morgan fingerprint density at radius 3 is 2.00 bits per heavy atom. The van der Waals surface area contributed by atoms with E-state index < -0.39 is 11.1 Å². The number of carbonyl (C=O) groups excluding carboxylic acids is 1. The van der Waals surface area contributed by atoms with Crippen LogP contribution in [0.4, 0.5) is 4.39 Å². The molecule has 5 nitrogen and oxygen atoms in total. The number of halogens is 1. The van der Waals surface area contributed by atoms with Crippen molar-refractivity contribution in [2.45, 2.75) is 186 Å². The van der Waals surface area contributed by atoms with Crippen LogP contribution in [-0.2, 0) is 14.4 Å². The number of unbranched alkanes of at least 4 members (excludes halogenated alkanes) is 11. The number of hydrogen-bond donors (Lipinski definition) is 1. The van der Waals surface area contributed by atoms with E-state index in [-0.39, 0.29) is 36.0 Å².